The summed E-state index contributed by atoms with van der Waals surface area (Å²) in [5, 5.41) is 23.4. The van der Waals surface area contributed by atoms with Gasteiger partial charge in [0.25, 0.3) is 5.91 Å². The molecule has 4 rings (SSSR count). The first-order chi connectivity index (χ1) is 15.2. The fourth-order valence-electron chi connectivity index (χ4n) is 3.90. The molecule has 0 bridgehead atoms. The van der Waals surface area contributed by atoms with Gasteiger partial charge in [-0.05, 0) is 55.2 Å². The van der Waals surface area contributed by atoms with Crippen LogP contribution in [-0.4, -0.2) is 33.2 Å². The SMILES string of the molecule is O=C(N[C@H]1CC[C@H](C(=O)Nc2ccc3[nH]ncc3c2)C1)C(O)c1ccc(C(F)(F)F)cc1. The zero-order chi connectivity index (χ0) is 22.9. The van der Waals surface area contributed by atoms with Crippen LogP contribution in [0.1, 0.15) is 36.5 Å². The monoisotopic (exact) mass is 446 g/mol. The summed E-state index contributed by atoms with van der Waals surface area (Å²) in [6.07, 6.45) is -2.88. The van der Waals surface area contributed by atoms with Crippen LogP contribution in [0.15, 0.2) is 48.7 Å². The zero-order valence-electron chi connectivity index (χ0n) is 16.8. The summed E-state index contributed by atoms with van der Waals surface area (Å²) in [5.74, 6) is -1.17. The first-order valence-corrected chi connectivity index (χ1v) is 10.1. The van der Waals surface area contributed by atoms with Gasteiger partial charge in [-0.15, -0.1) is 0 Å². The number of nitrogens with zero attached hydrogens (tertiary/aromatic N) is 1. The minimum Gasteiger partial charge on any atom is -0.378 e. The van der Waals surface area contributed by atoms with Crippen LogP contribution in [0.25, 0.3) is 10.9 Å². The molecule has 0 spiro atoms. The zero-order valence-corrected chi connectivity index (χ0v) is 16.8. The number of fused-ring (bicyclic) bond motifs is 1. The maximum Gasteiger partial charge on any atom is 0.416 e. The molecular formula is C22H21F3N4O3. The maximum absolute atomic E-state index is 12.7. The summed E-state index contributed by atoms with van der Waals surface area (Å²) >= 11 is 0. The van der Waals surface area contributed by atoms with E-state index in [0.29, 0.717) is 24.9 Å². The van der Waals surface area contributed by atoms with Crippen molar-refractivity contribution >= 4 is 28.4 Å². The molecule has 2 amide bonds. The number of nitrogens with one attached hydrogen (secondary N) is 3. The summed E-state index contributed by atoms with van der Waals surface area (Å²) in [4.78, 5) is 25.0. The highest BCUT2D eigenvalue weighted by Gasteiger charge is 2.33. The average Bonchev–Trinajstić information content (AvgIpc) is 3.41. The van der Waals surface area contributed by atoms with Gasteiger partial charge in [-0.2, -0.15) is 18.3 Å². The standard InChI is InChI=1S/C22H21F3N4O3/c23-22(24,25)15-4-1-12(2-5-15)19(30)21(32)28-16-6-3-13(9-16)20(31)27-17-7-8-18-14(10-17)11-26-29-18/h1-2,4-5,7-8,10-11,13,16,19,30H,3,6,9H2,(H,26,29)(H,27,31)(H,28,32)/t13-,16-,19?/m0/s1. The van der Waals surface area contributed by atoms with E-state index in [0.717, 1.165) is 35.2 Å². The number of hydrogen-bond acceptors (Lipinski definition) is 4. The fraction of sp³-hybridized carbons (Fsp3) is 0.318. The Hall–Kier alpha value is -3.40. The number of aliphatic hydroxyl groups is 1. The first-order valence-electron chi connectivity index (χ1n) is 10.1. The molecule has 0 radical (unpaired) electrons. The molecular weight excluding hydrogens is 425 g/mol. The van der Waals surface area contributed by atoms with Gasteiger partial charge in [0.15, 0.2) is 6.10 Å². The lowest BCUT2D eigenvalue weighted by Crippen LogP contribution is -2.37. The smallest absolute Gasteiger partial charge is 0.378 e. The van der Waals surface area contributed by atoms with Crippen LogP contribution < -0.4 is 10.6 Å². The second-order valence-electron chi connectivity index (χ2n) is 7.90. The van der Waals surface area contributed by atoms with Crippen molar-refractivity contribution in [2.45, 2.75) is 37.6 Å². The molecule has 1 aliphatic rings. The number of alkyl halides is 3. The van der Waals surface area contributed by atoms with Gasteiger partial charge in [-0.1, -0.05) is 12.1 Å². The summed E-state index contributed by atoms with van der Waals surface area (Å²) in [6, 6.07) is 8.89. The van der Waals surface area contributed by atoms with Crippen LogP contribution in [0, 0.1) is 5.92 Å². The lowest BCUT2D eigenvalue weighted by Gasteiger charge is -2.17. The third kappa shape index (κ3) is 4.75. The molecule has 2 aromatic carbocycles. The molecule has 168 valence electrons. The molecule has 1 aliphatic carbocycles. The molecule has 1 aromatic heterocycles. The van der Waals surface area contributed by atoms with Crippen molar-refractivity contribution in [1.29, 1.82) is 0 Å². The number of halogens is 3. The molecule has 1 unspecified atom stereocenters. The second kappa shape index (κ2) is 8.62. The number of amides is 2. The van der Waals surface area contributed by atoms with E-state index < -0.39 is 23.8 Å². The van der Waals surface area contributed by atoms with E-state index in [2.05, 4.69) is 20.8 Å². The molecule has 10 heteroatoms. The summed E-state index contributed by atoms with van der Waals surface area (Å²) in [7, 11) is 0. The van der Waals surface area contributed by atoms with Crippen molar-refractivity contribution in [1.82, 2.24) is 15.5 Å². The Bertz CT molecular complexity index is 1130. The minimum atomic E-state index is -4.49. The molecule has 4 N–H and O–H groups in total. The fourth-order valence-corrected chi connectivity index (χ4v) is 3.90. The van der Waals surface area contributed by atoms with E-state index in [-0.39, 0.29) is 23.4 Å². The number of carbonyl (C=O) groups excluding carboxylic acids is 2. The Morgan fingerprint density at radius 2 is 1.88 bits per heavy atom. The molecule has 1 fully saturated rings. The van der Waals surface area contributed by atoms with Crippen LogP contribution in [0.5, 0.6) is 0 Å². The van der Waals surface area contributed by atoms with Crippen molar-refractivity contribution in [3.8, 4) is 0 Å². The number of H-pyrrole nitrogens is 1. The van der Waals surface area contributed by atoms with Crippen molar-refractivity contribution < 1.29 is 27.9 Å². The van der Waals surface area contributed by atoms with Gasteiger partial charge in [-0.3, -0.25) is 14.7 Å². The largest absolute Gasteiger partial charge is 0.416 e. The molecule has 0 aliphatic heterocycles. The Morgan fingerprint density at radius 3 is 2.59 bits per heavy atom. The Kier molecular flexibility index (Phi) is 5.88. The Labute approximate surface area is 181 Å². The first kappa shape index (κ1) is 21.8. The van der Waals surface area contributed by atoms with Gasteiger partial charge in [-0.25, -0.2) is 0 Å². The van der Waals surface area contributed by atoms with Gasteiger partial charge in [0.1, 0.15) is 0 Å². The normalized spacial score (nSPS) is 19.6. The summed E-state index contributed by atoms with van der Waals surface area (Å²) < 4.78 is 38.0. The average molecular weight is 446 g/mol. The van der Waals surface area contributed by atoms with Crippen molar-refractivity contribution in [2.75, 3.05) is 5.32 Å². The quantitative estimate of drug-likeness (QED) is 0.481. The topological polar surface area (TPSA) is 107 Å². The summed E-state index contributed by atoms with van der Waals surface area (Å²) in [6.45, 7) is 0. The summed E-state index contributed by atoms with van der Waals surface area (Å²) in [5.41, 5.74) is 0.718. The molecule has 3 atom stereocenters. The van der Waals surface area contributed by atoms with Gasteiger partial charge < -0.3 is 15.7 Å². The van der Waals surface area contributed by atoms with Crippen LogP contribution in [0.3, 0.4) is 0 Å². The predicted octanol–water partition coefficient (Wildman–Crippen LogP) is 3.54. The van der Waals surface area contributed by atoms with Gasteiger partial charge in [0.2, 0.25) is 5.91 Å². The van der Waals surface area contributed by atoms with Gasteiger partial charge in [0, 0.05) is 23.0 Å². The number of anilines is 1. The molecule has 32 heavy (non-hydrogen) atoms. The number of hydrogen-bond donors (Lipinski definition) is 4. The molecule has 0 saturated heterocycles. The second-order valence-corrected chi connectivity index (χ2v) is 7.90. The lowest BCUT2D eigenvalue weighted by atomic mass is 10.0. The number of rotatable bonds is 5. The maximum atomic E-state index is 12.7. The number of aromatic nitrogens is 2. The van der Waals surface area contributed by atoms with E-state index in [1.165, 1.54) is 0 Å². The lowest BCUT2D eigenvalue weighted by molar-refractivity contribution is -0.137. The highest BCUT2D eigenvalue weighted by molar-refractivity contribution is 5.95. The highest BCUT2D eigenvalue weighted by Crippen LogP contribution is 2.31. The van der Waals surface area contributed by atoms with Crippen molar-refractivity contribution in [3.63, 3.8) is 0 Å². The van der Waals surface area contributed by atoms with Crippen LogP contribution >= 0.6 is 0 Å². The van der Waals surface area contributed by atoms with Crippen molar-refractivity contribution in [2.24, 2.45) is 5.92 Å². The number of benzene rings is 2. The van der Waals surface area contributed by atoms with E-state index in [1.807, 2.05) is 12.1 Å². The number of aromatic amines is 1. The van der Waals surface area contributed by atoms with E-state index in [1.54, 1.807) is 12.3 Å². The Balaban J connectivity index is 1.30. The van der Waals surface area contributed by atoms with Gasteiger partial charge in [0.05, 0.1) is 17.3 Å². The van der Waals surface area contributed by atoms with Crippen molar-refractivity contribution in [3.05, 3.63) is 59.8 Å². The Morgan fingerprint density at radius 1 is 1.12 bits per heavy atom. The third-order valence-electron chi connectivity index (χ3n) is 5.66. The number of aliphatic hydroxyl groups excluding tert-OH is 1. The predicted molar refractivity (Wildman–Crippen MR) is 110 cm³/mol. The van der Waals surface area contributed by atoms with Crippen LogP contribution in [-0.2, 0) is 15.8 Å². The van der Waals surface area contributed by atoms with Crippen LogP contribution in [0.4, 0.5) is 18.9 Å². The highest BCUT2D eigenvalue weighted by atomic mass is 19.4. The minimum absolute atomic E-state index is 0.0671. The van der Waals surface area contributed by atoms with Crippen LogP contribution in [0.2, 0.25) is 0 Å². The van der Waals surface area contributed by atoms with E-state index >= 15 is 0 Å². The van der Waals surface area contributed by atoms with Gasteiger partial charge >= 0.3 is 6.18 Å². The molecule has 1 heterocycles. The van der Waals surface area contributed by atoms with E-state index in [4.69, 9.17) is 0 Å². The number of carbonyl (C=O) groups is 2. The van der Waals surface area contributed by atoms with E-state index in [9.17, 15) is 27.9 Å². The molecule has 1 saturated carbocycles. The third-order valence-corrected chi connectivity index (χ3v) is 5.66. The molecule has 7 nitrogen and oxygen atoms in total. The molecule has 3 aromatic rings.